The second kappa shape index (κ2) is 9.69. The number of rotatable bonds is 9. The molecule has 0 radical (unpaired) electrons. The van der Waals surface area contributed by atoms with Crippen LogP contribution in [-0.2, 0) is 9.59 Å². The van der Waals surface area contributed by atoms with Crippen molar-refractivity contribution in [3.05, 3.63) is 73.1 Å². The summed E-state index contributed by atoms with van der Waals surface area (Å²) in [6.07, 6.45) is 4.67. The third-order valence-corrected chi connectivity index (χ3v) is 3.96. The van der Waals surface area contributed by atoms with Crippen molar-refractivity contribution in [1.82, 2.24) is 9.97 Å². The molecule has 3 aromatic rings. The highest BCUT2D eigenvalue weighted by molar-refractivity contribution is 5.88. The van der Waals surface area contributed by atoms with Crippen molar-refractivity contribution in [3.63, 3.8) is 0 Å². The zero-order valence-corrected chi connectivity index (χ0v) is 16.1. The summed E-state index contributed by atoms with van der Waals surface area (Å²) in [7, 11) is 1.58. The first-order chi connectivity index (χ1) is 14.6. The fourth-order valence-corrected chi connectivity index (χ4v) is 2.63. The standard InChI is InChI=1S/C21H20N6O3/c1-30-17-9-5-6-15(12-17)25-21-23-13-18(24-14-28)20(26-21)27(11-10-19(22)29)16-7-3-2-4-8-16/h2-14H,1H3,(H2,22,29)(H,24,28)(H,23,25,26). The maximum absolute atomic E-state index is 11.3. The molecule has 1 aromatic heterocycles. The number of hydrogen-bond acceptors (Lipinski definition) is 7. The van der Waals surface area contributed by atoms with Crippen molar-refractivity contribution in [2.24, 2.45) is 5.73 Å². The molecule has 152 valence electrons. The van der Waals surface area contributed by atoms with Gasteiger partial charge in [0.1, 0.15) is 11.4 Å². The summed E-state index contributed by atoms with van der Waals surface area (Å²) in [6, 6.07) is 16.5. The summed E-state index contributed by atoms with van der Waals surface area (Å²) >= 11 is 0. The van der Waals surface area contributed by atoms with Crippen LogP contribution in [-0.4, -0.2) is 29.4 Å². The number of carbonyl (C=O) groups excluding carboxylic acids is 2. The molecule has 0 aliphatic carbocycles. The number of nitrogens with one attached hydrogen (secondary N) is 2. The average molecular weight is 404 g/mol. The van der Waals surface area contributed by atoms with Gasteiger partial charge in [-0.05, 0) is 24.3 Å². The molecule has 1 heterocycles. The Morgan fingerprint density at radius 1 is 1.17 bits per heavy atom. The lowest BCUT2D eigenvalue weighted by Crippen LogP contribution is -2.16. The Hall–Kier alpha value is -4.40. The van der Waals surface area contributed by atoms with E-state index >= 15 is 0 Å². The average Bonchev–Trinajstić information content (AvgIpc) is 2.76. The van der Waals surface area contributed by atoms with Crippen LogP contribution in [0, 0.1) is 0 Å². The Morgan fingerprint density at radius 2 is 1.97 bits per heavy atom. The van der Waals surface area contributed by atoms with E-state index in [1.54, 1.807) is 18.1 Å². The second-order valence-electron chi connectivity index (χ2n) is 5.97. The minimum absolute atomic E-state index is 0.281. The monoisotopic (exact) mass is 404 g/mol. The number of aromatic nitrogens is 2. The molecule has 0 saturated carbocycles. The number of benzene rings is 2. The molecule has 0 aliphatic heterocycles. The molecule has 0 atom stereocenters. The van der Waals surface area contributed by atoms with Crippen LogP contribution in [0.1, 0.15) is 0 Å². The van der Waals surface area contributed by atoms with Gasteiger partial charge in [-0.1, -0.05) is 24.3 Å². The minimum Gasteiger partial charge on any atom is -0.497 e. The van der Waals surface area contributed by atoms with Crippen LogP contribution in [0.4, 0.5) is 28.8 Å². The predicted molar refractivity (Wildman–Crippen MR) is 115 cm³/mol. The number of nitrogens with zero attached hydrogens (tertiary/aromatic N) is 3. The molecule has 4 N–H and O–H groups in total. The summed E-state index contributed by atoms with van der Waals surface area (Å²) in [4.78, 5) is 32.8. The van der Waals surface area contributed by atoms with Crippen LogP contribution in [0.3, 0.4) is 0 Å². The molecular formula is C21H20N6O3. The topological polar surface area (TPSA) is 122 Å². The third-order valence-electron chi connectivity index (χ3n) is 3.96. The number of amides is 2. The number of para-hydroxylation sites is 1. The van der Waals surface area contributed by atoms with Gasteiger partial charge in [0.15, 0.2) is 5.82 Å². The van der Waals surface area contributed by atoms with Crippen LogP contribution in [0.2, 0.25) is 0 Å². The van der Waals surface area contributed by atoms with Crippen molar-refractivity contribution in [2.75, 3.05) is 22.6 Å². The quantitative estimate of drug-likeness (QED) is 0.370. The first kappa shape index (κ1) is 20.3. The lowest BCUT2D eigenvalue weighted by Gasteiger charge is -2.22. The second-order valence-corrected chi connectivity index (χ2v) is 5.97. The lowest BCUT2D eigenvalue weighted by molar-refractivity contribution is -0.113. The Bertz CT molecular complexity index is 1060. The largest absolute Gasteiger partial charge is 0.497 e. The molecule has 9 heteroatoms. The van der Waals surface area contributed by atoms with Crippen molar-refractivity contribution in [3.8, 4) is 5.75 Å². The number of hydrogen-bond donors (Lipinski definition) is 3. The molecule has 0 fully saturated rings. The van der Waals surface area contributed by atoms with E-state index in [0.717, 1.165) is 5.69 Å². The Morgan fingerprint density at radius 3 is 2.67 bits per heavy atom. The number of anilines is 5. The van der Waals surface area contributed by atoms with Gasteiger partial charge in [0.05, 0.1) is 13.3 Å². The number of primary amides is 1. The summed E-state index contributed by atoms with van der Waals surface area (Å²) in [5, 5.41) is 5.68. The Labute approximate surface area is 173 Å². The van der Waals surface area contributed by atoms with Gasteiger partial charge in [-0.2, -0.15) is 4.98 Å². The number of methoxy groups -OCH3 is 1. The maximum Gasteiger partial charge on any atom is 0.242 e. The summed E-state index contributed by atoms with van der Waals surface area (Å²) in [5.41, 5.74) is 7.04. The predicted octanol–water partition coefficient (Wildman–Crippen LogP) is 2.93. The van der Waals surface area contributed by atoms with Gasteiger partial charge < -0.3 is 21.1 Å². The van der Waals surface area contributed by atoms with Gasteiger partial charge in [0.25, 0.3) is 0 Å². The normalized spacial score (nSPS) is 10.4. The fourth-order valence-electron chi connectivity index (χ4n) is 2.63. The van der Waals surface area contributed by atoms with E-state index in [9.17, 15) is 9.59 Å². The highest BCUT2D eigenvalue weighted by atomic mass is 16.5. The molecule has 30 heavy (non-hydrogen) atoms. The van der Waals surface area contributed by atoms with E-state index in [0.29, 0.717) is 29.4 Å². The SMILES string of the molecule is COc1cccc(Nc2ncc(NC=O)c(N(C=CC(N)=O)c3ccccc3)n2)c1. The van der Waals surface area contributed by atoms with Gasteiger partial charge in [0, 0.05) is 29.7 Å². The smallest absolute Gasteiger partial charge is 0.242 e. The molecular weight excluding hydrogens is 384 g/mol. The van der Waals surface area contributed by atoms with Crippen molar-refractivity contribution >= 4 is 41.1 Å². The van der Waals surface area contributed by atoms with Gasteiger partial charge in [0.2, 0.25) is 18.3 Å². The number of ether oxygens (including phenoxy) is 1. The molecule has 0 aliphatic rings. The zero-order valence-electron chi connectivity index (χ0n) is 16.1. The van der Waals surface area contributed by atoms with Gasteiger partial charge in [-0.15, -0.1) is 0 Å². The van der Waals surface area contributed by atoms with E-state index in [1.165, 1.54) is 18.5 Å². The van der Waals surface area contributed by atoms with Gasteiger partial charge >= 0.3 is 0 Å². The number of nitrogens with two attached hydrogens (primary N) is 1. The van der Waals surface area contributed by atoms with Crippen LogP contribution in [0.5, 0.6) is 5.75 Å². The van der Waals surface area contributed by atoms with Crippen LogP contribution in [0.15, 0.2) is 73.1 Å². The van der Waals surface area contributed by atoms with Gasteiger partial charge in [-0.25, -0.2) is 4.98 Å². The molecule has 3 rings (SSSR count). The summed E-state index contributed by atoms with van der Waals surface area (Å²) < 4.78 is 5.23. The van der Waals surface area contributed by atoms with E-state index in [4.69, 9.17) is 10.5 Å². The highest BCUT2D eigenvalue weighted by Crippen LogP contribution is 2.31. The maximum atomic E-state index is 11.3. The molecule has 0 unspecified atom stereocenters. The van der Waals surface area contributed by atoms with E-state index in [2.05, 4.69) is 20.6 Å². The summed E-state index contributed by atoms with van der Waals surface area (Å²) in [5.74, 6) is 0.675. The van der Waals surface area contributed by atoms with Gasteiger partial charge in [-0.3, -0.25) is 14.5 Å². The molecule has 2 aromatic carbocycles. The van der Waals surface area contributed by atoms with Crippen LogP contribution in [0.25, 0.3) is 0 Å². The molecule has 0 spiro atoms. The summed E-state index contributed by atoms with van der Waals surface area (Å²) in [6.45, 7) is 0. The Kier molecular flexibility index (Phi) is 6.57. The molecule has 2 amide bonds. The first-order valence-corrected chi connectivity index (χ1v) is 8.91. The minimum atomic E-state index is -0.621. The molecule has 9 nitrogen and oxygen atoms in total. The Balaban J connectivity index is 2.05. The zero-order chi connectivity index (χ0) is 21.3. The lowest BCUT2D eigenvalue weighted by atomic mass is 10.2. The fraction of sp³-hybridized carbons (Fsp3) is 0.0476. The van der Waals surface area contributed by atoms with E-state index in [1.807, 2.05) is 48.5 Å². The third kappa shape index (κ3) is 5.10. The number of carbonyl (C=O) groups is 2. The van der Waals surface area contributed by atoms with Crippen molar-refractivity contribution < 1.29 is 14.3 Å². The first-order valence-electron chi connectivity index (χ1n) is 8.91. The highest BCUT2D eigenvalue weighted by Gasteiger charge is 2.15. The molecule has 0 saturated heterocycles. The van der Waals surface area contributed by atoms with E-state index in [-0.39, 0.29) is 5.95 Å². The van der Waals surface area contributed by atoms with Crippen LogP contribution < -0.4 is 26.0 Å². The van der Waals surface area contributed by atoms with E-state index < -0.39 is 5.91 Å². The van der Waals surface area contributed by atoms with Crippen molar-refractivity contribution in [1.29, 1.82) is 0 Å². The van der Waals surface area contributed by atoms with Crippen LogP contribution >= 0.6 is 0 Å². The molecule has 0 bridgehead atoms. The van der Waals surface area contributed by atoms with Crippen molar-refractivity contribution in [2.45, 2.75) is 0 Å².